The topological polar surface area (TPSA) is 137 Å². The van der Waals surface area contributed by atoms with Crippen molar-refractivity contribution in [1.29, 1.82) is 0 Å². The van der Waals surface area contributed by atoms with Crippen LogP contribution in [-0.4, -0.2) is 55.8 Å². The third kappa shape index (κ3) is 5.41. The van der Waals surface area contributed by atoms with Gasteiger partial charge in [-0.25, -0.2) is 28.5 Å². The zero-order valence-corrected chi connectivity index (χ0v) is 23.6. The van der Waals surface area contributed by atoms with Gasteiger partial charge in [0, 0.05) is 24.3 Å². The van der Waals surface area contributed by atoms with Crippen molar-refractivity contribution in [3.63, 3.8) is 0 Å². The van der Waals surface area contributed by atoms with Crippen molar-refractivity contribution in [1.82, 2.24) is 34.8 Å². The van der Waals surface area contributed by atoms with Gasteiger partial charge in [-0.1, -0.05) is 6.07 Å². The number of anilines is 2. The first-order chi connectivity index (χ1) is 20.8. The number of nitrogens with one attached hydrogen (secondary N) is 1. The lowest BCUT2D eigenvalue weighted by Crippen LogP contribution is -2.57. The molecule has 6 rings (SSSR count). The highest BCUT2D eigenvalue weighted by Gasteiger charge is 2.41. The number of rotatable bonds is 6. The predicted octanol–water partition coefficient (Wildman–Crippen LogP) is 4.35. The van der Waals surface area contributed by atoms with E-state index in [2.05, 4.69) is 30.2 Å². The predicted molar refractivity (Wildman–Crippen MR) is 156 cm³/mol. The number of alkyl carbamates (subject to hydrolysis) is 1. The maximum absolute atomic E-state index is 14.2. The van der Waals surface area contributed by atoms with E-state index in [9.17, 15) is 13.6 Å². The van der Waals surface area contributed by atoms with Crippen molar-refractivity contribution >= 4 is 28.8 Å². The van der Waals surface area contributed by atoms with Crippen molar-refractivity contribution < 1.29 is 18.3 Å². The first kappa shape index (κ1) is 27.9. The molecule has 1 saturated heterocycles. The Kier molecular flexibility index (Phi) is 7.30. The maximum atomic E-state index is 14.2. The number of halogens is 2. The van der Waals surface area contributed by atoms with E-state index < -0.39 is 23.3 Å². The molecule has 4 aromatic heterocycles. The summed E-state index contributed by atoms with van der Waals surface area (Å²) in [6, 6.07) is 11.2. The molecule has 1 aliphatic heterocycles. The molecule has 220 valence electrons. The second-order valence-corrected chi connectivity index (χ2v) is 10.5. The quantitative estimate of drug-likeness (QED) is 0.298. The highest BCUT2D eigenvalue weighted by Crippen LogP contribution is 2.36. The highest BCUT2D eigenvalue weighted by molar-refractivity contribution is 5.81. The standard InChI is InChI=1S/C30H29F2N9O2/c1-18-5-3-6-25(38-18)30(39-29(42)43-2)9-4-10-40(15-30)24-13-34-23(19-7-8-21(31)22(32)11-19)12-20(24)14-41-17-37-26-27(33)35-16-36-28(26)41/h3,5-8,11-13,16-17H,4,9-10,14-15H2,1-2H3,(H,39,42)(H2,33,35,36). The van der Waals surface area contributed by atoms with Gasteiger partial charge in [0.2, 0.25) is 0 Å². The van der Waals surface area contributed by atoms with Crippen LogP contribution in [0.2, 0.25) is 0 Å². The van der Waals surface area contributed by atoms with Crippen LogP contribution in [0.15, 0.2) is 61.3 Å². The maximum Gasteiger partial charge on any atom is 0.407 e. The molecule has 5 aromatic rings. The fourth-order valence-corrected chi connectivity index (χ4v) is 5.60. The normalized spacial score (nSPS) is 16.8. The van der Waals surface area contributed by atoms with Gasteiger partial charge in [0.25, 0.3) is 0 Å². The zero-order chi connectivity index (χ0) is 30.1. The van der Waals surface area contributed by atoms with Crippen LogP contribution in [0.25, 0.3) is 22.4 Å². The summed E-state index contributed by atoms with van der Waals surface area (Å²) in [6.45, 7) is 3.28. The molecule has 0 spiro atoms. The second-order valence-electron chi connectivity index (χ2n) is 10.5. The van der Waals surface area contributed by atoms with Gasteiger partial charge >= 0.3 is 6.09 Å². The molecule has 0 aliphatic carbocycles. The van der Waals surface area contributed by atoms with E-state index in [1.54, 1.807) is 12.5 Å². The van der Waals surface area contributed by atoms with Crippen molar-refractivity contribution in [2.24, 2.45) is 0 Å². The van der Waals surface area contributed by atoms with Crippen LogP contribution in [0, 0.1) is 18.6 Å². The third-order valence-electron chi connectivity index (χ3n) is 7.69. The molecule has 11 nitrogen and oxygen atoms in total. The summed E-state index contributed by atoms with van der Waals surface area (Å²) in [5.74, 6) is -1.63. The van der Waals surface area contributed by atoms with Crippen LogP contribution in [0.5, 0.6) is 0 Å². The average Bonchev–Trinajstić information content (AvgIpc) is 3.42. The van der Waals surface area contributed by atoms with E-state index in [1.165, 1.54) is 19.5 Å². The number of hydrogen-bond donors (Lipinski definition) is 2. The Morgan fingerprint density at radius 2 is 1.98 bits per heavy atom. The number of carbonyl (C=O) groups is 1. The summed E-state index contributed by atoms with van der Waals surface area (Å²) in [6.07, 6.45) is 5.55. The lowest BCUT2D eigenvalue weighted by atomic mass is 9.84. The van der Waals surface area contributed by atoms with Gasteiger partial charge < -0.3 is 25.3 Å². The highest BCUT2D eigenvalue weighted by atomic mass is 19.2. The number of piperidine rings is 1. The third-order valence-corrected chi connectivity index (χ3v) is 7.69. The smallest absolute Gasteiger partial charge is 0.407 e. The van der Waals surface area contributed by atoms with Gasteiger partial charge in [0.05, 0.1) is 43.3 Å². The average molecular weight is 586 g/mol. The minimum atomic E-state index is -0.960. The van der Waals surface area contributed by atoms with E-state index in [0.717, 1.165) is 41.2 Å². The molecule has 3 N–H and O–H groups in total. The minimum Gasteiger partial charge on any atom is -0.453 e. The monoisotopic (exact) mass is 585 g/mol. The van der Waals surface area contributed by atoms with Gasteiger partial charge in [-0.2, -0.15) is 0 Å². The van der Waals surface area contributed by atoms with Gasteiger partial charge in [0.1, 0.15) is 17.4 Å². The Morgan fingerprint density at radius 3 is 2.77 bits per heavy atom. The number of benzene rings is 1. The molecule has 1 amide bonds. The molecule has 43 heavy (non-hydrogen) atoms. The SMILES string of the molecule is COC(=O)NC1(c2cccc(C)n2)CCCN(c2cnc(-c3ccc(F)c(F)c3)cc2Cn2cnc3c(N)ncnc32)C1. The van der Waals surface area contributed by atoms with Crippen LogP contribution in [0.1, 0.15) is 29.8 Å². The lowest BCUT2D eigenvalue weighted by Gasteiger charge is -2.44. The Hall–Kier alpha value is -5.20. The van der Waals surface area contributed by atoms with E-state index >= 15 is 0 Å². The lowest BCUT2D eigenvalue weighted by molar-refractivity contribution is 0.148. The van der Waals surface area contributed by atoms with Gasteiger partial charge in [-0.15, -0.1) is 0 Å². The fraction of sp³-hybridized carbons (Fsp3) is 0.267. The number of aryl methyl sites for hydroxylation is 1. The van der Waals surface area contributed by atoms with Gasteiger partial charge in [0.15, 0.2) is 23.1 Å². The number of nitrogen functional groups attached to an aromatic ring is 1. The molecule has 1 atom stereocenters. The molecule has 1 aromatic carbocycles. The molecule has 0 saturated carbocycles. The molecule has 1 aliphatic rings. The number of ether oxygens (including phenoxy) is 1. The minimum absolute atomic E-state index is 0.265. The molecule has 1 unspecified atom stereocenters. The van der Waals surface area contributed by atoms with Crippen LogP contribution in [0.3, 0.4) is 0 Å². The zero-order valence-electron chi connectivity index (χ0n) is 23.6. The molecular formula is C30H29F2N9O2. The van der Waals surface area contributed by atoms with E-state index in [-0.39, 0.29) is 5.82 Å². The number of aromatic nitrogens is 6. The Bertz CT molecular complexity index is 1830. The number of fused-ring (bicyclic) bond motifs is 1. The Balaban J connectivity index is 1.45. The first-order valence-corrected chi connectivity index (χ1v) is 13.7. The van der Waals surface area contributed by atoms with Crippen LogP contribution < -0.4 is 16.0 Å². The van der Waals surface area contributed by atoms with Gasteiger partial charge in [-0.3, -0.25) is 9.97 Å². The number of methoxy groups -OCH3 is 1. The van der Waals surface area contributed by atoms with E-state index in [1.807, 2.05) is 35.8 Å². The molecule has 0 radical (unpaired) electrons. The van der Waals surface area contributed by atoms with Crippen LogP contribution in [0.4, 0.5) is 25.1 Å². The Labute approximate surface area is 245 Å². The summed E-state index contributed by atoms with van der Waals surface area (Å²) < 4.78 is 34.7. The van der Waals surface area contributed by atoms with Crippen LogP contribution >= 0.6 is 0 Å². The Morgan fingerprint density at radius 1 is 1.12 bits per heavy atom. The number of carbonyl (C=O) groups excluding carboxylic acids is 1. The van der Waals surface area contributed by atoms with Crippen molar-refractivity contribution in [3.05, 3.63) is 89.9 Å². The summed E-state index contributed by atoms with van der Waals surface area (Å²) in [5, 5.41) is 3.06. The number of amides is 1. The van der Waals surface area contributed by atoms with Crippen molar-refractivity contribution in [3.8, 4) is 11.3 Å². The fourth-order valence-electron chi connectivity index (χ4n) is 5.60. The van der Waals surface area contributed by atoms with E-state index in [4.69, 9.17) is 15.5 Å². The first-order valence-electron chi connectivity index (χ1n) is 13.7. The summed E-state index contributed by atoms with van der Waals surface area (Å²) in [7, 11) is 1.33. The molecule has 0 bridgehead atoms. The molecule has 1 fully saturated rings. The number of hydrogen-bond acceptors (Lipinski definition) is 9. The van der Waals surface area contributed by atoms with Gasteiger partial charge in [-0.05, 0) is 61.7 Å². The number of nitrogens with two attached hydrogens (primary N) is 1. The largest absolute Gasteiger partial charge is 0.453 e. The summed E-state index contributed by atoms with van der Waals surface area (Å²) in [4.78, 5) is 36.9. The summed E-state index contributed by atoms with van der Waals surface area (Å²) >= 11 is 0. The second kappa shape index (κ2) is 11.2. The molecule has 13 heteroatoms. The summed E-state index contributed by atoms with van der Waals surface area (Å²) in [5.41, 5.74) is 10.3. The number of imidazole rings is 1. The van der Waals surface area contributed by atoms with Crippen molar-refractivity contribution in [2.45, 2.75) is 31.8 Å². The van der Waals surface area contributed by atoms with Crippen LogP contribution in [-0.2, 0) is 16.8 Å². The molecular weight excluding hydrogens is 556 g/mol. The number of pyridine rings is 2. The van der Waals surface area contributed by atoms with Crippen molar-refractivity contribution in [2.75, 3.05) is 30.8 Å². The molecule has 5 heterocycles. The number of nitrogens with zero attached hydrogens (tertiary/aromatic N) is 7. The van der Waals surface area contributed by atoms with E-state index in [0.29, 0.717) is 48.5 Å².